The van der Waals surface area contributed by atoms with Gasteiger partial charge in [0.2, 0.25) is 0 Å². The molecule has 90 valence electrons. The Morgan fingerprint density at radius 1 is 1.31 bits per heavy atom. The molecule has 0 aliphatic heterocycles. The normalized spacial score (nSPS) is 10.9. The average molecular weight is 286 g/mol. The van der Waals surface area contributed by atoms with Crippen molar-refractivity contribution in [3.8, 4) is 0 Å². The maximum absolute atomic E-state index is 4.58. The van der Waals surface area contributed by atoms with Gasteiger partial charge < -0.3 is 4.90 Å². The van der Waals surface area contributed by atoms with E-state index in [9.17, 15) is 0 Å². The standard InChI is InChI=1S/C12H20BrN3/c1-5-7-16(9(3)4)12-8-10(13)14-11(6-2)15-12/h8-9H,5-7H2,1-4H3. The molecule has 1 aromatic heterocycles. The van der Waals surface area contributed by atoms with Gasteiger partial charge in [-0.15, -0.1) is 0 Å². The molecule has 0 unspecified atom stereocenters. The van der Waals surface area contributed by atoms with E-state index in [0.717, 1.165) is 35.6 Å². The van der Waals surface area contributed by atoms with Crippen molar-refractivity contribution in [2.75, 3.05) is 11.4 Å². The van der Waals surface area contributed by atoms with Gasteiger partial charge in [0.15, 0.2) is 0 Å². The van der Waals surface area contributed by atoms with E-state index in [1.165, 1.54) is 0 Å². The minimum Gasteiger partial charge on any atom is -0.354 e. The van der Waals surface area contributed by atoms with E-state index in [-0.39, 0.29) is 0 Å². The Morgan fingerprint density at radius 2 is 2.00 bits per heavy atom. The molecule has 1 aromatic rings. The first-order valence-corrected chi connectivity index (χ1v) is 6.67. The van der Waals surface area contributed by atoms with Gasteiger partial charge in [0, 0.05) is 25.1 Å². The van der Waals surface area contributed by atoms with Crippen LogP contribution in [0.15, 0.2) is 10.7 Å². The molecule has 0 spiro atoms. The van der Waals surface area contributed by atoms with Gasteiger partial charge in [-0.3, -0.25) is 0 Å². The van der Waals surface area contributed by atoms with Crippen molar-refractivity contribution in [3.63, 3.8) is 0 Å². The third-order valence-corrected chi connectivity index (χ3v) is 2.83. The van der Waals surface area contributed by atoms with E-state index in [0.29, 0.717) is 6.04 Å². The summed E-state index contributed by atoms with van der Waals surface area (Å²) in [6, 6.07) is 2.46. The average Bonchev–Trinajstić information content (AvgIpc) is 2.24. The van der Waals surface area contributed by atoms with Crippen molar-refractivity contribution in [2.24, 2.45) is 0 Å². The number of hydrogen-bond acceptors (Lipinski definition) is 3. The first-order chi connectivity index (χ1) is 7.58. The molecular weight excluding hydrogens is 266 g/mol. The number of hydrogen-bond donors (Lipinski definition) is 0. The SMILES string of the molecule is CCCN(c1cc(Br)nc(CC)n1)C(C)C. The van der Waals surface area contributed by atoms with Crippen LogP contribution in [0.25, 0.3) is 0 Å². The Hall–Kier alpha value is -0.640. The van der Waals surface area contributed by atoms with E-state index in [4.69, 9.17) is 0 Å². The van der Waals surface area contributed by atoms with Gasteiger partial charge in [-0.05, 0) is 36.2 Å². The molecule has 0 radical (unpaired) electrons. The van der Waals surface area contributed by atoms with Crippen LogP contribution in [0.2, 0.25) is 0 Å². The van der Waals surface area contributed by atoms with E-state index >= 15 is 0 Å². The van der Waals surface area contributed by atoms with Crippen molar-refractivity contribution < 1.29 is 0 Å². The monoisotopic (exact) mass is 285 g/mol. The van der Waals surface area contributed by atoms with Gasteiger partial charge in [0.05, 0.1) is 0 Å². The van der Waals surface area contributed by atoms with Crippen LogP contribution >= 0.6 is 15.9 Å². The van der Waals surface area contributed by atoms with Crippen LogP contribution in [0.4, 0.5) is 5.82 Å². The zero-order chi connectivity index (χ0) is 12.1. The van der Waals surface area contributed by atoms with E-state index in [2.05, 4.69) is 58.5 Å². The van der Waals surface area contributed by atoms with Crippen molar-refractivity contribution in [2.45, 2.75) is 46.6 Å². The first kappa shape index (κ1) is 13.4. The summed E-state index contributed by atoms with van der Waals surface area (Å²) in [4.78, 5) is 11.2. The summed E-state index contributed by atoms with van der Waals surface area (Å²) in [7, 11) is 0. The van der Waals surface area contributed by atoms with Crippen LogP contribution in [-0.2, 0) is 6.42 Å². The summed E-state index contributed by atoms with van der Waals surface area (Å²) in [5, 5.41) is 0. The van der Waals surface area contributed by atoms with Crippen molar-refractivity contribution in [3.05, 3.63) is 16.5 Å². The molecule has 0 aromatic carbocycles. The molecule has 0 aliphatic rings. The molecule has 0 amide bonds. The maximum atomic E-state index is 4.58. The van der Waals surface area contributed by atoms with Gasteiger partial charge in [-0.25, -0.2) is 9.97 Å². The highest BCUT2D eigenvalue weighted by Crippen LogP contribution is 2.19. The van der Waals surface area contributed by atoms with Gasteiger partial charge >= 0.3 is 0 Å². The predicted octanol–water partition coefficient (Wildman–Crippen LogP) is 3.43. The third-order valence-electron chi connectivity index (χ3n) is 2.43. The smallest absolute Gasteiger partial charge is 0.133 e. The summed E-state index contributed by atoms with van der Waals surface area (Å²) >= 11 is 3.44. The number of anilines is 1. The van der Waals surface area contributed by atoms with Crippen LogP contribution in [0.1, 0.15) is 39.9 Å². The Kier molecular flexibility index (Phi) is 5.19. The van der Waals surface area contributed by atoms with Crippen LogP contribution in [0, 0.1) is 0 Å². The second kappa shape index (κ2) is 6.18. The molecule has 0 saturated carbocycles. The van der Waals surface area contributed by atoms with Gasteiger partial charge in [-0.1, -0.05) is 13.8 Å². The van der Waals surface area contributed by atoms with Crippen LogP contribution in [0.5, 0.6) is 0 Å². The molecular formula is C12H20BrN3. The van der Waals surface area contributed by atoms with Crippen molar-refractivity contribution >= 4 is 21.7 Å². The second-order valence-electron chi connectivity index (χ2n) is 4.11. The topological polar surface area (TPSA) is 29.0 Å². The minimum absolute atomic E-state index is 0.464. The first-order valence-electron chi connectivity index (χ1n) is 5.88. The summed E-state index contributed by atoms with van der Waals surface area (Å²) < 4.78 is 0.871. The zero-order valence-electron chi connectivity index (χ0n) is 10.5. The number of rotatable bonds is 5. The Bertz CT molecular complexity index is 339. The highest BCUT2D eigenvalue weighted by molar-refractivity contribution is 9.10. The molecule has 4 heteroatoms. The third kappa shape index (κ3) is 3.44. The zero-order valence-corrected chi connectivity index (χ0v) is 12.1. The lowest BCUT2D eigenvalue weighted by atomic mass is 10.3. The van der Waals surface area contributed by atoms with Gasteiger partial charge in [0.25, 0.3) is 0 Å². The fourth-order valence-corrected chi connectivity index (χ4v) is 2.04. The molecule has 1 heterocycles. The summed E-state index contributed by atoms with van der Waals surface area (Å²) in [6.07, 6.45) is 1.99. The largest absolute Gasteiger partial charge is 0.354 e. The van der Waals surface area contributed by atoms with Gasteiger partial charge in [-0.2, -0.15) is 0 Å². The van der Waals surface area contributed by atoms with E-state index < -0.39 is 0 Å². The lowest BCUT2D eigenvalue weighted by molar-refractivity contribution is 0.657. The molecule has 1 rings (SSSR count). The van der Waals surface area contributed by atoms with Crippen molar-refractivity contribution in [1.29, 1.82) is 0 Å². The summed E-state index contributed by atoms with van der Waals surface area (Å²) in [6.45, 7) is 9.68. The highest BCUT2D eigenvalue weighted by Gasteiger charge is 2.12. The highest BCUT2D eigenvalue weighted by atomic mass is 79.9. The van der Waals surface area contributed by atoms with Crippen LogP contribution < -0.4 is 4.90 Å². The Labute approximate surface area is 106 Å². The van der Waals surface area contributed by atoms with E-state index in [1.807, 2.05) is 6.07 Å². The quantitative estimate of drug-likeness (QED) is 0.777. The summed E-state index contributed by atoms with van der Waals surface area (Å²) in [5.74, 6) is 1.92. The molecule has 0 atom stereocenters. The molecule has 0 saturated heterocycles. The fraction of sp³-hybridized carbons (Fsp3) is 0.667. The molecule has 16 heavy (non-hydrogen) atoms. The maximum Gasteiger partial charge on any atom is 0.133 e. The fourth-order valence-electron chi connectivity index (χ4n) is 1.64. The molecule has 0 N–H and O–H groups in total. The summed E-state index contributed by atoms with van der Waals surface area (Å²) in [5.41, 5.74) is 0. The van der Waals surface area contributed by atoms with Gasteiger partial charge in [0.1, 0.15) is 16.2 Å². The van der Waals surface area contributed by atoms with E-state index in [1.54, 1.807) is 0 Å². The van der Waals surface area contributed by atoms with Crippen molar-refractivity contribution in [1.82, 2.24) is 9.97 Å². The Morgan fingerprint density at radius 3 is 2.50 bits per heavy atom. The predicted molar refractivity (Wildman–Crippen MR) is 71.9 cm³/mol. The second-order valence-corrected chi connectivity index (χ2v) is 4.92. The van der Waals surface area contributed by atoms with Crippen LogP contribution in [0.3, 0.4) is 0 Å². The van der Waals surface area contributed by atoms with Crippen LogP contribution in [-0.4, -0.2) is 22.6 Å². The number of halogens is 1. The number of nitrogens with zero attached hydrogens (tertiary/aromatic N) is 3. The number of aromatic nitrogens is 2. The Balaban J connectivity index is 3.03. The minimum atomic E-state index is 0.464. The molecule has 0 bridgehead atoms. The lowest BCUT2D eigenvalue weighted by Crippen LogP contribution is -2.32. The molecule has 0 fully saturated rings. The molecule has 3 nitrogen and oxygen atoms in total. The number of aryl methyl sites for hydroxylation is 1. The molecule has 0 aliphatic carbocycles. The lowest BCUT2D eigenvalue weighted by Gasteiger charge is -2.27.